The highest BCUT2D eigenvalue weighted by Gasteiger charge is 2.71. The summed E-state index contributed by atoms with van der Waals surface area (Å²) < 4.78 is 78.4. The van der Waals surface area contributed by atoms with Crippen LogP contribution in [0.4, 0.5) is 26.3 Å². The molecule has 0 saturated carbocycles. The molecule has 8 heteroatoms. The Labute approximate surface area is 81.8 Å². The van der Waals surface area contributed by atoms with Gasteiger partial charge in [0, 0.05) is 6.42 Å². The predicted octanol–water partition coefficient (Wildman–Crippen LogP) is 2.27. The molecule has 0 aromatic heterocycles. The fraction of sp³-hybridized carbons (Fsp3) is 1.00. The van der Waals surface area contributed by atoms with E-state index in [1.54, 1.807) is 0 Å². The smallest absolute Gasteiger partial charge is 0.394 e. The van der Waals surface area contributed by atoms with Crippen molar-refractivity contribution in [3.05, 3.63) is 0 Å². The van der Waals surface area contributed by atoms with Crippen molar-refractivity contribution in [1.29, 1.82) is 0 Å². The monoisotopic (exact) mass is 240 g/mol. The average Bonchev–Trinajstić information content (AvgIpc) is 2.14. The van der Waals surface area contributed by atoms with E-state index in [0.29, 0.717) is 6.92 Å². The van der Waals surface area contributed by atoms with Crippen molar-refractivity contribution in [3.63, 3.8) is 0 Å². The highest BCUT2D eigenvalue weighted by Crippen LogP contribution is 2.47. The SMILES string of the molecule is CCC(F)(F)C(F)(F)C(F)(F)OCCO. The van der Waals surface area contributed by atoms with Crippen molar-refractivity contribution in [1.82, 2.24) is 0 Å². The number of halogens is 6. The second-order valence-electron chi connectivity index (χ2n) is 2.72. The van der Waals surface area contributed by atoms with Gasteiger partial charge in [-0.15, -0.1) is 0 Å². The van der Waals surface area contributed by atoms with E-state index in [0.717, 1.165) is 0 Å². The Morgan fingerprint density at radius 2 is 1.53 bits per heavy atom. The maximum absolute atomic E-state index is 12.6. The molecule has 0 aromatic rings. The normalized spacial score (nSPS) is 14.4. The van der Waals surface area contributed by atoms with Crippen LogP contribution in [0.2, 0.25) is 0 Å². The Morgan fingerprint density at radius 3 is 1.87 bits per heavy atom. The van der Waals surface area contributed by atoms with E-state index in [1.165, 1.54) is 0 Å². The first kappa shape index (κ1) is 14.5. The molecule has 0 fully saturated rings. The maximum Gasteiger partial charge on any atom is 0.425 e. The standard InChI is InChI=1S/C7H10F6O2/c1-2-5(8,9)6(10,11)7(12,13)15-4-3-14/h14H,2-4H2,1H3. The van der Waals surface area contributed by atoms with E-state index in [2.05, 4.69) is 4.74 Å². The number of rotatable bonds is 6. The molecule has 0 rings (SSSR count). The molecule has 0 saturated heterocycles. The lowest BCUT2D eigenvalue weighted by molar-refractivity contribution is -0.399. The molecular formula is C7H10F6O2. The van der Waals surface area contributed by atoms with Crippen LogP contribution in [0, 0.1) is 0 Å². The fourth-order valence-electron chi connectivity index (χ4n) is 0.699. The Kier molecular flexibility index (Phi) is 4.41. The van der Waals surface area contributed by atoms with Crippen LogP contribution in [0.1, 0.15) is 13.3 Å². The fourth-order valence-corrected chi connectivity index (χ4v) is 0.699. The molecule has 0 aliphatic rings. The number of alkyl halides is 6. The van der Waals surface area contributed by atoms with Gasteiger partial charge >= 0.3 is 18.0 Å². The lowest BCUT2D eigenvalue weighted by atomic mass is 10.1. The van der Waals surface area contributed by atoms with Gasteiger partial charge in [0.2, 0.25) is 0 Å². The number of aliphatic hydroxyl groups is 1. The summed E-state index contributed by atoms with van der Waals surface area (Å²) in [6.07, 6.45) is -6.76. The van der Waals surface area contributed by atoms with Crippen LogP contribution in [0.25, 0.3) is 0 Å². The van der Waals surface area contributed by atoms with E-state index in [4.69, 9.17) is 5.11 Å². The molecule has 0 aliphatic heterocycles. The van der Waals surface area contributed by atoms with Gasteiger partial charge in [0.05, 0.1) is 13.2 Å². The van der Waals surface area contributed by atoms with Crippen LogP contribution in [-0.2, 0) is 4.74 Å². The third kappa shape index (κ3) is 2.75. The van der Waals surface area contributed by atoms with E-state index < -0.39 is 37.6 Å². The van der Waals surface area contributed by atoms with Gasteiger partial charge < -0.3 is 9.84 Å². The second-order valence-corrected chi connectivity index (χ2v) is 2.72. The summed E-state index contributed by atoms with van der Waals surface area (Å²) in [6.45, 7) is -1.47. The zero-order valence-corrected chi connectivity index (χ0v) is 7.74. The third-order valence-electron chi connectivity index (χ3n) is 1.64. The number of aliphatic hydroxyl groups excluding tert-OH is 1. The van der Waals surface area contributed by atoms with Gasteiger partial charge in [0.1, 0.15) is 0 Å². The summed E-state index contributed by atoms with van der Waals surface area (Å²) in [4.78, 5) is 0. The first-order valence-corrected chi connectivity index (χ1v) is 4.00. The van der Waals surface area contributed by atoms with E-state index in [1.807, 2.05) is 0 Å². The van der Waals surface area contributed by atoms with Gasteiger partial charge in [-0.1, -0.05) is 6.92 Å². The number of hydrogen-bond acceptors (Lipinski definition) is 2. The first-order chi connectivity index (χ1) is 6.62. The predicted molar refractivity (Wildman–Crippen MR) is 38.2 cm³/mol. The Morgan fingerprint density at radius 1 is 1.07 bits per heavy atom. The summed E-state index contributed by atoms with van der Waals surface area (Å²) in [5, 5.41) is 8.06. The largest absolute Gasteiger partial charge is 0.425 e. The molecular weight excluding hydrogens is 230 g/mol. The van der Waals surface area contributed by atoms with Crippen LogP contribution < -0.4 is 0 Å². The minimum Gasteiger partial charge on any atom is -0.394 e. The second kappa shape index (κ2) is 4.56. The molecule has 0 aromatic carbocycles. The van der Waals surface area contributed by atoms with Gasteiger partial charge in [-0.2, -0.15) is 26.3 Å². The highest BCUT2D eigenvalue weighted by atomic mass is 19.3. The van der Waals surface area contributed by atoms with E-state index >= 15 is 0 Å². The molecule has 0 aliphatic carbocycles. The molecule has 1 N–H and O–H groups in total. The van der Waals surface area contributed by atoms with E-state index in [9.17, 15) is 26.3 Å². The molecule has 0 unspecified atom stereocenters. The molecule has 0 spiro atoms. The summed E-state index contributed by atoms with van der Waals surface area (Å²) in [6, 6.07) is 0. The first-order valence-electron chi connectivity index (χ1n) is 4.00. The molecule has 0 heterocycles. The zero-order chi connectivity index (χ0) is 12.3. The van der Waals surface area contributed by atoms with Crippen molar-refractivity contribution in [3.8, 4) is 0 Å². The van der Waals surface area contributed by atoms with Gasteiger partial charge in [0.25, 0.3) is 0 Å². The van der Waals surface area contributed by atoms with Crippen LogP contribution in [0.15, 0.2) is 0 Å². The summed E-state index contributed by atoms with van der Waals surface area (Å²) in [7, 11) is 0. The maximum atomic E-state index is 12.6. The summed E-state index contributed by atoms with van der Waals surface area (Å²) >= 11 is 0. The minimum atomic E-state index is -5.61. The average molecular weight is 240 g/mol. The van der Waals surface area contributed by atoms with Crippen molar-refractivity contribution >= 4 is 0 Å². The number of hydrogen-bond donors (Lipinski definition) is 1. The van der Waals surface area contributed by atoms with Gasteiger partial charge in [-0.25, -0.2) is 0 Å². The van der Waals surface area contributed by atoms with Crippen LogP contribution in [0.5, 0.6) is 0 Å². The van der Waals surface area contributed by atoms with Gasteiger partial charge in [0.15, 0.2) is 0 Å². The summed E-state index contributed by atoms with van der Waals surface area (Å²) in [5.41, 5.74) is 0. The van der Waals surface area contributed by atoms with Crippen molar-refractivity contribution in [2.45, 2.75) is 31.3 Å². The summed E-state index contributed by atoms with van der Waals surface area (Å²) in [5.74, 6) is -10.5. The van der Waals surface area contributed by atoms with Crippen molar-refractivity contribution in [2.24, 2.45) is 0 Å². The lowest BCUT2D eigenvalue weighted by Crippen LogP contribution is -2.55. The number of ether oxygens (including phenoxy) is 1. The molecule has 0 radical (unpaired) electrons. The molecule has 0 atom stereocenters. The van der Waals surface area contributed by atoms with Gasteiger partial charge in [-0.05, 0) is 0 Å². The minimum absolute atomic E-state index is 0.649. The van der Waals surface area contributed by atoms with Crippen molar-refractivity contribution in [2.75, 3.05) is 13.2 Å². The van der Waals surface area contributed by atoms with E-state index in [-0.39, 0.29) is 0 Å². The quantitative estimate of drug-likeness (QED) is 0.721. The third-order valence-corrected chi connectivity index (χ3v) is 1.64. The molecule has 2 nitrogen and oxygen atoms in total. The van der Waals surface area contributed by atoms with Crippen molar-refractivity contribution < 1.29 is 36.2 Å². The van der Waals surface area contributed by atoms with Crippen LogP contribution >= 0.6 is 0 Å². The topological polar surface area (TPSA) is 29.5 Å². The lowest BCUT2D eigenvalue weighted by Gasteiger charge is -2.31. The molecule has 0 bridgehead atoms. The molecule has 0 amide bonds. The highest BCUT2D eigenvalue weighted by molar-refractivity contribution is 4.90. The zero-order valence-electron chi connectivity index (χ0n) is 7.74. The molecule has 92 valence electrons. The Balaban J connectivity index is 4.83. The Bertz CT molecular complexity index is 206. The molecule has 15 heavy (non-hydrogen) atoms. The van der Waals surface area contributed by atoms with Crippen LogP contribution in [0.3, 0.4) is 0 Å². The Hall–Kier alpha value is -0.500. The van der Waals surface area contributed by atoms with Gasteiger partial charge in [-0.3, -0.25) is 0 Å². The van der Waals surface area contributed by atoms with Crippen LogP contribution in [-0.4, -0.2) is 36.3 Å².